The quantitative estimate of drug-likeness (QED) is 0.675. The van der Waals surface area contributed by atoms with Crippen molar-refractivity contribution in [3.63, 3.8) is 0 Å². The zero-order valence-electron chi connectivity index (χ0n) is 10.6. The van der Waals surface area contributed by atoms with E-state index >= 15 is 0 Å². The second kappa shape index (κ2) is 6.50. The number of halogens is 3. The highest BCUT2D eigenvalue weighted by Crippen LogP contribution is 2.28. The van der Waals surface area contributed by atoms with Gasteiger partial charge < -0.3 is 4.74 Å². The second-order valence-electron chi connectivity index (χ2n) is 4.03. The third-order valence-corrected chi connectivity index (χ3v) is 3.78. The lowest BCUT2D eigenvalue weighted by molar-refractivity contribution is 0.103. The van der Waals surface area contributed by atoms with E-state index in [9.17, 15) is 9.18 Å². The average Bonchev–Trinajstić information content (AvgIpc) is 2.43. The molecule has 0 saturated heterocycles. The van der Waals surface area contributed by atoms with Crippen molar-refractivity contribution in [3.05, 3.63) is 62.3 Å². The Morgan fingerprint density at radius 3 is 2.60 bits per heavy atom. The molecule has 2 aromatic rings. The molecule has 0 N–H and O–H groups in total. The molecular formula is C15H11Br2FO2. The average molecular weight is 402 g/mol. The standard InChI is InChI=1S/C15H11Br2FO2/c1-2-20-14-6-3-9(7-12(14)17)15(19)11-8-10(16)4-5-13(11)18/h3-8H,2H2,1H3. The molecule has 2 nitrogen and oxygen atoms in total. The molecule has 0 spiro atoms. The highest BCUT2D eigenvalue weighted by molar-refractivity contribution is 9.10. The summed E-state index contributed by atoms with van der Waals surface area (Å²) in [5, 5.41) is 0. The summed E-state index contributed by atoms with van der Waals surface area (Å²) in [6.07, 6.45) is 0. The van der Waals surface area contributed by atoms with Crippen LogP contribution in [-0.4, -0.2) is 12.4 Å². The molecule has 0 heterocycles. The van der Waals surface area contributed by atoms with Gasteiger partial charge in [0.2, 0.25) is 0 Å². The smallest absolute Gasteiger partial charge is 0.196 e. The van der Waals surface area contributed by atoms with Crippen molar-refractivity contribution in [3.8, 4) is 5.75 Å². The zero-order valence-corrected chi connectivity index (χ0v) is 13.8. The molecule has 0 atom stereocenters. The van der Waals surface area contributed by atoms with Crippen LogP contribution in [0.3, 0.4) is 0 Å². The summed E-state index contributed by atoms with van der Waals surface area (Å²) in [7, 11) is 0. The van der Waals surface area contributed by atoms with Crippen LogP contribution in [0.1, 0.15) is 22.8 Å². The number of hydrogen-bond acceptors (Lipinski definition) is 2. The second-order valence-corrected chi connectivity index (χ2v) is 5.80. The Balaban J connectivity index is 2.38. The summed E-state index contributed by atoms with van der Waals surface area (Å²) in [4.78, 5) is 12.3. The third-order valence-electron chi connectivity index (χ3n) is 2.67. The van der Waals surface area contributed by atoms with Crippen LogP contribution in [0.2, 0.25) is 0 Å². The molecule has 0 aromatic heterocycles. The van der Waals surface area contributed by atoms with Gasteiger partial charge >= 0.3 is 0 Å². The number of hydrogen-bond donors (Lipinski definition) is 0. The highest BCUT2D eigenvalue weighted by Gasteiger charge is 2.16. The Morgan fingerprint density at radius 1 is 1.20 bits per heavy atom. The fourth-order valence-electron chi connectivity index (χ4n) is 1.74. The fourth-order valence-corrected chi connectivity index (χ4v) is 2.60. The van der Waals surface area contributed by atoms with Gasteiger partial charge in [-0.25, -0.2) is 4.39 Å². The van der Waals surface area contributed by atoms with Crippen molar-refractivity contribution >= 4 is 37.6 Å². The van der Waals surface area contributed by atoms with Crippen molar-refractivity contribution in [1.29, 1.82) is 0 Å². The van der Waals surface area contributed by atoms with E-state index in [2.05, 4.69) is 31.9 Å². The predicted octanol–water partition coefficient (Wildman–Crippen LogP) is 4.98. The van der Waals surface area contributed by atoms with Crippen molar-refractivity contribution in [2.45, 2.75) is 6.92 Å². The number of rotatable bonds is 4. The molecule has 0 amide bonds. The molecule has 2 aromatic carbocycles. The van der Waals surface area contributed by atoms with E-state index in [0.29, 0.717) is 26.9 Å². The lowest BCUT2D eigenvalue weighted by atomic mass is 10.0. The monoisotopic (exact) mass is 400 g/mol. The molecule has 0 fully saturated rings. The van der Waals surface area contributed by atoms with Crippen molar-refractivity contribution in [1.82, 2.24) is 0 Å². The Hall–Kier alpha value is -1.20. The lowest BCUT2D eigenvalue weighted by Crippen LogP contribution is -2.05. The first-order chi connectivity index (χ1) is 9.52. The van der Waals surface area contributed by atoms with Crippen LogP contribution in [-0.2, 0) is 0 Å². The summed E-state index contributed by atoms with van der Waals surface area (Å²) >= 11 is 6.58. The molecule has 0 radical (unpaired) electrons. The summed E-state index contributed by atoms with van der Waals surface area (Å²) in [5.41, 5.74) is 0.438. The molecule has 0 unspecified atom stereocenters. The van der Waals surface area contributed by atoms with E-state index in [0.717, 1.165) is 0 Å². The van der Waals surface area contributed by atoms with Crippen LogP contribution in [0.4, 0.5) is 4.39 Å². The number of benzene rings is 2. The first-order valence-corrected chi connectivity index (χ1v) is 7.53. The lowest BCUT2D eigenvalue weighted by Gasteiger charge is -2.08. The summed E-state index contributed by atoms with van der Waals surface area (Å²) < 4.78 is 20.4. The van der Waals surface area contributed by atoms with E-state index < -0.39 is 5.82 Å². The van der Waals surface area contributed by atoms with Crippen molar-refractivity contribution in [2.75, 3.05) is 6.61 Å². The number of carbonyl (C=O) groups is 1. The van der Waals surface area contributed by atoms with Gasteiger partial charge in [-0.3, -0.25) is 4.79 Å². The van der Waals surface area contributed by atoms with Crippen LogP contribution in [0.15, 0.2) is 45.3 Å². The van der Waals surface area contributed by atoms with E-state index in [1.54, 1.807) is 24.3 Å². The molecule has 0 bridgehead atoms. The van der Waals surface area contributed by atoms with Gasteiger partial charge in [0.15, 0.2) is 5.78 Å². The first kappa shape index (κ1) is 15.2. The molecule has 0 aliphatic carbocycles. The van der Waals surface area contributed by atoms with Crippen LogP contribution in [0.5, 0.6) is 5.75 Å². The zero-order chi connectivity index (χ0) is 14.7. The molecule has 0 aliphatic heterocycles. The molecule has 0 aliphatic rings. The van der Waals surface area contributed by atoms with Gasteiger partial charge in [-0.2, -0.15) is 0 Å². The Bertz CT molecular complexity index is 656. The summed E-state index contributed by atoms with van der Waals surface area (Å²) in [5.74, 6) is -0.255. The van der Waals surface area contributed by atoms with E-state index in [1.807, 2.05) is 6.92 Å². The van der Waals surface area contributed by atoms with Gasteiger partial charge in [0.25, 0.3) is 0 Å². The SMILES string of the molecule is CCOc1ccc(C(=O)c2cc(Br)ccc2F)cc1Br. The first-order valence-electron chi connectivity index (χ1n) is 5.95. The molecule has 20 heavy (non-hydrogen) atoms. The van der Waals surface area contributed by atoms with Crippen LogP contribution in [0.25, 0.3) is 0 Å². The molecule has 104 valence electrons. The number of ketones is 1. The van der Waals surface area contributed by atoms with E-state index in [4.69, 9.17) is 4.74 Å². The Morgan fingerprint density at radius 2 is 1.95 bits per heavy atom. The van der Waals surface area contributed by atoms with Crippen LogP contribution in [0, 0.1) is 5.82 Å². The molecular weight excluding hydrogens is 391 g/mol. The molecule has 0 saturated carbocycles. The molecule has 5 heteroatoms. The van der Waals surface area contributed by atoms with E-state index in [-0.39, 0.29) is 11.3 Å². The number of ether oxygens (including phenoxy) is 1. The Kier molecular flexibility index (Phi) is 4.94. The largest absolute Gasteiger partial charge is 0.493 e. The summed E-state index contributed by atoms with van der Waals surface area (Å²) in [6.45, 7) is 2.41. The van der Waals surface area contributed by atoms with Gasteiger partial charge in [-0.1, -0.05) is 15.9 Å². The van der Waals surface area contributed by atoms with Gasteiger partial charge in [0.05, 0.1) is 16.6 Å². The third kappa shape index (κ3) is 3.27. The number of carbonyl (C=O) groups excluding carboxylic acids is 1. The maximum absolute atomic E-state index is 13.7. The predicted molar refractivity (Wildman–Crippen MR) is 82.8 cm³/mol. The normalized spacial score (nSPS) is 10.4. The topological polar surface area (TPSA) is 26.3 Å². The van der Waals surface area contributed by atoms with Gasteiger partial charge in [0, 0.05) is 10.0 Å². The van der Waals surface area contributed by atoms with Gasteiger partial charge in [-0.05, 0) is 59.3 Å². The van der Waals surface area contributed by atoms with Gasteiger partial charge in [0.1, 0.15) is 11.6 Å². The minimum Gasteiger partial charge on any atom is -0.493 e. The van der Waals surface area contributed by atoms with Crippen LogP contribution >= 0.6 is 31.9 Å². The maximum Gasteiger partial charge on any atom is 0.196 e. The summed E-state index contributed by atoms with van der Waals surface area (Å²) in [6, 6.07) is 9.24. The fraction of sp³-hybridized carbons (Fsp3) is 0.133. The minimum absolute atomic E-state index is 0.0374. The van der Waals surface area contributed by atoms with Crippen LogP contribution < -0.4 is 4.74 Å². The van der Waals surface area contributed by atoms with Gasteiger partial charge in [-0.15, -0.1) is 0 Å². The Labute approximate surface area is 133 Å². The maximum atomic E-state index is 13.7. The van der Waals surface area contributed by atoms with E-state index in [1.165, 1.54) is 12.1 Å². The van der Waals surface area contributed by atoms with Crippen molar-refractivity contribution in [2.24, 2.45) is 0 Å². The van der Waals surface area contributed by atoms with Crippen molar-refractivity contribution < 1.29 is 13.9 Å². The molecule has 2 rings (SSSR count). The highest BCUT2D eigenvalue weighted by atomic mass is 79.9. The minimum atomic E-state index is -0.539.